The van der Waals surface area contributed by atoms with E-state index in [4.69, 9.17) is 5.73 Å². The molecule has 0 heterocycles. The molecule has 4 heteroatoms. The fraction of sp³-hybridized carbons (Fsp3) is 0.182. The molecule has 0 aliphatic carbocycles. The van der Waals surface area contributed by atoms with Crippen LogP contribution in [0, 0.1) is 0 Å². The molecular formula is C11H13NO3. The molecule has 0 bridgehead atoms. The first kappa shape index (κ1) is 11.1. The van der Waals surface area contributed by atoms with Gasteiger partial charge in [-0.1, -0.05) is 24.3 Å². The SMILES string of the molecule is COC(=O)CC=Cc1cccc(N)c1O. The van der Waals surface area contributed by atoms with Crippen molar-refractivity contribution in [2.75, 3.05) is 12.8 Å². The normalized spacial score (nSPS) is 10.5. The summed E-state index contributed by atoms with van der Waals surface area (Å²) in [6.45, 7) is 0. The second-order valence-corrected chi connectivity index (χ2v) is 2.97. The van der Waals surface area contributed by atoms with Gasteiger partial charge in [0.1, 0.15) is 5.75 Å². The molecule has 0 aliphatic heterocycles. The molecule has 80 valence electrons. The number of phenolic OH excluding ortho intramolecular Hbond substituents is 1. The van der Waals surface area contributed by atoms with E-state index in [1.54, 1.807) is 30.4 Å². The Morgan fingerprint density at radius 1 is 1.60 bits per heavy atom. The Kier molecular flexibility index (Phi) is 3.74. The average molecular weight is 207 g/mol. The summed E-state index contributed by atoms with van der Waals surface area (Å²) in [5.74, 6) is -0.298. The summed E-state index contributed by atoms with van der Waals surface area (Å²) in [6, 6.07) is 5.04. The average Bonchev–Trinajstić information content (AvgIpc) is 2.24. The molecule has 15 heavy (non-hydrogen) atoms. The van der Waals surface area contributed by atoms with Gasteiger partial charge < -0.3 is 15.6 Å². The van der Waals surface area contributed by atoms with E-state index in [9.17, 15) is 9.90 Å². The third kappa shape index (κ3) is 3.02. The maximum atomic E-state index is 10.8. The summed E-state index contributed by atoms with van der Waals surface area (Å²) < 4.78 is 4.46. The molecule has 1 aromatic carbocycles. The van der Waals surface area contributed by atoms with Crippen LogP contribution in [0.4, 0.5) is 5.69 Å². The third-order valence-electron chi connectivity index (χ3n) is 1.91. The number of para-hydroxylation sites is 1. The van der Waals surface area contributed by atoms with Crippen LogP contribution in [0.2, 0.25) is 0 Å². The number of nitrogen functional groups attached to an aromatic ring is 1. The molecular weight excluding hydrogens is 194 g/mol. The van der Waals surface area contributed by atoms with Crippen molar-refractivity contribution >= 4 is 17.7 Å². The van der Waals surface area contributed by atoms with E-state index in [1.807, 2.05) is 0 Å². The number of esters is 1. The lowest BCUT2D eigenvalue weighted by molar-refractivity contribution is -0.139. The molecule has 0 saturated heterocycles. The summed E-state index contributed by atoms with van der Waals surface area (Å²) in [5.41, 5.74) is 6.40. The Hall–Kier alpha value is -1.97. The van der Waals surface area contributed by atoms with E-state index in [2.05, 4.69) is 4.74 Å². The molecule has 1 aromatic rings. The Labute approximate surface area is 88.0 Å². The van der Waals surface area contributed by atoms with E-state index >= 15 is 0 Å². The van der Waals surface area contributed by atoms with Crippen LogP contribution in [0.15, 0.2) is 24.3 Å². The summed E-state index contributed by atoms with van der Waals surface area (Å²) in [5, 5.41) is 9.53. The number of hydrogen-bond donors (Lipinski definition) is 2. The van der Waals surface area contributed by atoms with Crippen molar-refractivity contribution in [3.8, 4) is 5.75 Å². The standard InChI is InChI=1S/C11H13NO3/c1-15-10(13)7-3-5-8-4-2-6-9(12)11(8)14/h2-6,14H,7,12H2,1H3. The molecule has 0 atom stereocenters. The smallest absolute Gasteiger partial charge is 0.309 e. The number of hydrogen-bond acceptors (Lipinski definition) is 4. The maximum absolute atomic E-state index is 10.8. The van der Waals surface area contributed by atoms with Gasteiger partial charge in [0.05, 0.1) is 19.2 Å². The highest BCUT2D eigenvalue weighted by molar-refractivity contribution is 5.74. The van der Waals surface area contributed by atoms with Gasteiger partial charge in [0.2, 0.25) is 0 Å². The molecule has 3 N–H and O–H groups in total. The van der Waals surface area contributed by atoms with E-state index in [1.165, 1.54) is 7.11 Å². The van der Waals surface area contributed by atoms with Crippen LogP contribution in [0.25, 0.3) is 6.08 Å². The Balaban J connectivity index is 2.72. The number of ether oxygens (including phenoxy) is 1. The van der Waals surface area contributed by atoms with Crippen molar-refractivity contribution in [1.29, 1.82) is 0 Å². The first-order valence-electron chi connectivity index (χ1n) is 4.46. The van der Waals surface area contributed by atoms with Gasteiger partial charge in [0, 0.05) is 5.56 Å². The lowest BCUT2D eigenvalue weighted by atomic mass is 10.1. The molecule has 0 fully saturated rings. The Morgan fingerprint density at radius 3 is 3.00 bits per heavy atom. The van der Waals surface area contributed by atoms with Crippen molar-refractivity contribution in [2.24, 2.45) is 0 Å². The topological polar surface area (TPSA) is 72.5 Å². The van der Waals surface area contributed by atoms with Crippen molar-refractivity contribution in [3.63, 3.8) is 0 Å². The Bertz CT molecular complexity index is 385. The zero-order valence-corrected chi connectivity index (χ0v) is 8.43. The monoisotopic (exact) mass is 207 g/mol. The zero-order valence-electron chi connectivity index (χ0n) is 8.43. The van der Waals surface area contributed by atoms with Crippen LogP contribution >= 0.6 is 0 Å². The van der Waals surface area contributed by atoms with Gasteiger partial charge in [0.15, 0.2) is 0 Å². The van der Waals surface area contributed by atoms with Gasteiger partial charge in [-0.05, 0) is 6.07 Å². The van der Waals surface area contributed by atoms with Gasteiger partial charge >= 0.3 is 5.97 Å². The number of nitrogens with two attached hydrogens (primary N) is 1. The van der Waals surface area contributed by atoms with Crippen LogP contribution in [0.1, 0.15) is 12.0 Å². The van der Waals surface area contributed by atoms with Crippen molar-refractivity contribution in [3.05, 3.63) is 29.8 Å². The van der Waals surface area contributed by atoms with Gasteiger partial charge in [-0.3, -0.25) is 4.79 Å². The lowest BCUT2D eigenvalue weighted by Gasteiger charge is -2.01. The number of aromatic hydroxyl groups is 1. The predicted molar refractivity (Wildman–Crippen MR) is 58.2 cm³/mol. The minimum Gasteiger partial charge on any atom is -0.505 e. The number of rotatable bonds is 3. The van der Waals surface area contributed by atoms with E-state index < -0.39 is 0 Å². The van der Waals surface area contributed by atoms with Crippen LogP contribution in [0.3, 0.4) is 0 Å². The molecule has 0 aromatic heterocycles. The fourth-order valence-electron chi connectivity index (χ4n) is 1.08. The van der Waals surface area contributed by atoms with Gasteiger partial charge in [-0.2, -0.15) is 0 Å². The number of carbonyl (C=O) groups excluding carboxylic acids is 1. The minimum atomic E-state index is -0.324. The number of anilines is 1. The number of methoxy groups -OCH3 is 1. The van der Waals surface area contributed by atoms with Gasteiger partial charge in [-0.25, -0.2) is 0 Å². The first-order chi connectivity index (χ1) is 7.15. The van der Waals surface area contributed by atoms with E-state index in [0.717, 1.165) is 0 Å². The second kappa shape index (κ2) is 5.05. The molecule has 0 spiro atoms. The molecule has 0 radical (unpaired) electrons. The van der Waals surface area contributed by atoms with Gasteiger partial charge in [0.25, 0.3) is 0 Å². The lowest BCUT2D eigenvalue weighted by Crippen LogP contribution is -1.96. The molecule has 1 rings (SSSR count). The van der Waals surface area contributed by atoms with Gasteiger partial charge in [-0.15, -0.1) is 0 Å². The predicted octanol–water partition coefficient (Wildman–Crippen LogP) is 1.55. The summed E-state index contributed by atoms with van der Waals surface area (Å²) in [7, 11) is 1.33. The molecule has 0 saturated carbocycles. The highest BCUT2D eigenvalue weighted by atomic mass is 16.5. The quantitative estimate of drug-likeness (QED) is 0.448. The molecule has 0 aliphatic rings. The third-order valence-corrected chi connectivity index (χ3v) is 1.91. The van der Waals surface area contributed by atoms with Crippen LogP contribution in [-0.2, 0) is 9.53 Å². The summed E-state index contributed by atoms with van der Waals surface area (Å²) in [4.78, 5) is 10.8. The first-order valence-corrected chi connectivity index (χ1v) is 4.46. The summed E-state index contributed by atoms with van der Waals surface area (Å²) >= 11 is 0. The van der Waals surface area contributed by atoms with Crippen LogP contribution < -0.4 is 5.73 Å². The van der Waals surface area contributed by atoms with E-state index in [0.29, 0.717) is 11.3 Å². The largest absolute Gasteiger partial charge is 0.505 e. The highest BCUT2D eigenvalue weighted by Gasteiger charge is 2.00. The number of carbonyl (C=O) groups is 1. The molecule has 0 amide bonds. The van der Waals surface area contributed by atoms with Crippen LogP contribution in [0.5, 0.6) is 5.75 Å². The van der Waals surface area contributed by atoms with Crippen molar-refractivity contribution in [1.82, 2.24) is 0 Å². The van der Waals surface area contributed by atoms with Crippen LogP contribution in [-0.4, -0.2) is 18.2 Å². The second-order valence-electron chi connectivity index (χ2n) is 2.97. The summed E-state index contributed by atoms with van der Waals surface area (Å²) in [6.07, 6.45) is 3.41. The maximum Gasteiger partial charge on any atom is 0.309 e. The minimum absolute atomic E-state index is 0.0265. The molecule has 4 nitrogen and oxygen atoms in total. The van der Waals surface area contributed by atoms with Crippen molar-refractivity contribution in [2.45, 2.75) is 6.42 Å². The van der Waals surface area contributed by atoms with E-state index in [-0.39, 0.29) is 18.1 Å². The zero-order chi connectivity index (χ0) is 11.3. The molecule has 0 unspecified atom stereocenters. The number of benzene rings is 1. The van der Waals surface area contributed by atoms with Crippen molar-refractivity contribution < 1.29 is 14.6 Å². The highest BCUT2D eigenvalue weighted by Crippen LogP contribution is 2.25. The Morgan fingerprint density at radius 2 is 2.33 bits per heavy atom. The number of phenols is 1. The fourth-order valence-corrected chi connectivity index (χ4v) is 1.08.